The summed E-state index contributed by atoms with van der Waals surface area (Å²) >= 11 is 0. The number of ether oxygens (including phenoxy) is 2. The summed E-state index contributed by atoms with van der Waals surface area (Å²) in [6.07, 6.45) is 5.17. The van der Waals surface area contributed by atoms with Gasteiger partial charge in [-0.3, -0.25) is 14.5 Å². The van der Waals surface area contributed by atoms with E-state index in [2.05, 4.69) is 6.58 Å². The standard InChI is InChI=1S/C19H23NO4/c1-2-3-7-14(19-23-12-13-24-19)8-6-11-20-17(21)15-9-4-5-10-16(15)18(20)22/h2,4-5,9-10,14,19H,1,3,6-8,11-13H2. The molecule has 0 spiro atoms. The second kappa shape index (κ2) is 7.73. The number of benzene rings is 1. The zero-order valence-corrected chi connectivity index (χ0v) is 13.8. The Morgan fingerprint density at radius 1 is 1.12 bits per heavy atom. The highest BCUT2D eigenvalue weighted by Crippen LogP contribution is 2.26. The van der Waals surface area contributed by atoms with Gasteiger partial charge in [0.2, 0.25) is 0 Å². The van der Waals surface area contributed by atoms with Crippen molar-refractivity contribution < 1.29 is 19.1 Å². The number of allylic oxidation sites excluding steroid dienone is 1. The van der Waals surface area contributed by atoms with Crippen LogP contribution < -0.4 is 0 Å². The predicted molar refractivity (Wildman–Crippen MR) is 89.7 cm³/mol. The molecule has 128 valence electrons. The van der Waals surface area contributed by atoms with Crippen LogP contribution in [0.15, 0.2) is 36.9 Å². The van der Waals surface area contributed by atoms with Gasteiger partial charge < -0.3 is 9.47 Å². The largest absolute Gasteiger partial charge is 0.350 e. The molecule has 2 amide bonds. The molecule has 2 heterocycles. The van der Waals surface area contributed by atoms with E-state index in [1.54, 1.807) is 24.3 Å². The number of rotatable bonds is 8. The number of hydrogen-bond donors (Lipinski definition) is 0. The Labute approximate surface area is 142 Å². The van der Waals surface area contributed by atoms with Crippen molar-refractivity contribution in [2.75, 3.05) is 19.8 Å². The number of nitrogens with zero attached hydrogens (tertiary/aromatic N) is 1. The minimum atomic E-state index is -0.188. The third-order valence-electron chi connectivity index (χ3n) is 4.61. The molecule has 5 nitrogen and oxygen atoms in total. The maximum absolute atomic E-state index is 12.4. The van der Waals surface area contributed by atoms with Gasteiger partial charge in [0, 0.05) is 12.5 Å². The summed E-state index contributed by atoms with van der Waals surface area (Å²) in [4.78, 5) is 26.1. The van der Waals surface area contributed by atoms with Crippen LogP contribution in [0, 0.1) is 5.92 Å². The fourth-order valence-electron chi connectivity index (χ4n) is 3.35. The SMILES string of the molecule is C=CCCC(CCCN1C(=O)c2ccccc2C1=O)C1OCCO1. The van der Waals surface area contributed by atoms with Crippen molar-refractivity contribution >= 4 is 11.8 Å². The van der Waals surface area contributed by atoms with Crippen LogP contribution in [0.1, 0.15) is 46.4 Å². The van der Waals surface area contributed by atoms with Gasteiger partial charge in [-0.2, -0.15) is 0 Å². The lowest BCUT2D eigenvalue weighted by Crippen LogP contribution is -2.31. The minimum absolute atomic E-state index is 0.174. The van der Waals surface area contributed by atoms with Crippen LogP contribution in [0.4, 0.5) is 0 Å². The summed E-state index contributed by atoms with van der Waals surface area (Å²) in [6.45, 7) is 5.47. The Balaban J connectivity index is 1.56. The maximum atomic E-state index is 12.4. The molecule has 1 unspecified atom stereocenters. The molecule has 0 N–H and O–H groups in total. The topological polar surface area (TPSA) is 55.8 Å². The van der Waals surface area contributed by atoms with E-state index in [-0.39, 0.29) is 24.0 Å². The second-order valence-corrected chi connectivity index (χ2v) is 6.19. The molecule has 1 aromatic rings. The molecule has 1 atom stereocenters. The monoisotopic (exact) mass is 329 g/mol. The van der Waals surface area contributed by atoms with E-state index < -0.39 is 0 Å². The summed E-state index contributed by atoms with van der Waals surface area (Å²) in [5.41, 5.74) is 1.02. The first kappa shape index (κ1) is 16.9. The molecule has 1 aromatic carbocycles. The van der Waals surface area contributed by atoms with Gasteiger partial charge in [0.05, 0.1) is 24.3 Å². The highest BCUT2D eigenvalue weighted by Gasteiger charge is 2.35. The van der Waals surface area contributed by atoms with Crippen molar-refractivity contribution in [2.45, 2.75) is 32.0 Å². The van der Waals surface area contributed by atoms with E-state index in [1.165, 1.54) is 4.90 Å². The molecular formula is C19H23NO4. The van der Waals surface area contributed by atoms with Crippen LogP contribution in [-0.4, -0.2) is 42.8 Å². The lowest BCUT2D eigenvalue weighted by atomic mass is 9.96. The molecule has 0 bridgehead atoms. The summed E-state index contributed by atoms with van der Waals surface area (Å²) in [7, 11) is 0. The van der Waals surface area contributed by atoms with Crippen LogP contribution >= 0.6 is 0 Å². The first-order valence-electron chi connectivity index (χ1n) is 8.51. The van der Waals surface area contributed by atoms with Crippen molar-refractivity contribution in [3.63, 3.8) is 0 Å². The molecule has 0 saturated carbocycles. The Morgan fingerprint density at radius 3 is 2.33 bits per heavy atom. The summed E-state index contributed by atoms with van der Waals surface area (Å²) in [5, 5.41) is 0. The summed E-state index contributed by atoms with van der Waals surface area (Å²) < 4.78 is 11.2. The third-order valence-corrected chi connectivity index (χ3v) is 4.61. The Morgan fingerprint density at radius 2 is 1.75 bits per heavy atom. The molecule has 1 fully saturated rings. The van der Waals surface area contributed by atoms with Crippen LogP contribution in [0.5, 0.6) is 0 Å². The van der Waals surface area contributed by atoms with Crippen LogP contribution in [0.25, 0.3) is 0 Å². The fraction of sp³-hybridized carbons (Fsp3) is 0.474. The van der Waals surface area contributed by atoms with E-state index in [1.807, 2.05) is 6.08 Å². The van der Waals surface area contributed by atoms with Crippen molar-refractivity contribution in [1.29, 1.82) is 0 Å². The van der Waals surface area contributed by atoms with Crippen molar-refractivity contribution in [1.82, 2.24) is 4.90 Å². The first-order chi connectivity index (χ1) is 11.7. The van der Waals surface area contributed by atoms with E-state index >= 15 is 0 Å². The van der Waals surface area contributed by atoms with E-state index in [0.29, 0.717) is 30.9 Å². The van der Waals surface area contributed by atoms with Gasteiger partial charge in [-0.15, -0.1) is 6.58 Å². The van der Waals surface area contributed by atoms with Crippen molar-refractivity contribution in [2.24, 2.45) is 5.92 Å². The smallest absolute Gasteiger partial charge is 0.261 e. The van der Waals surface area contributed by atoms with Crippen LogP contribution in [0.2, 0.25) is 0 Å². The molecule has 2 aliphatic heterocycles. The second-order valence-electron chi connectivity index (χ2n) is 6.19. The van der Waals surface area contributed by atoms with Crippen LogP contribution in [-0.2, 0) is 9.47 Å². The Bertz CT molecular complexity index is 587. The molecule has 3 rings (SSSR count). The summed E-state index contributed by atoms with van der Waals surface area (Å²) in [5.74, 6) is -0.112. The number of amides is 2. The average Bonchev–Trinajstić information content (AvgIpc) is 3.21. The van der Waals surface area contributed by atoms with Gasteiger partial charge in [-0.05, 0) is 37.8 Å². The molecule has 0 aromatic heterocycles. The number of carbonyl (C=O) groups is 2. The number of carbonyl (C=O) groups excluding carboxylic acids is 2. The molecular weight excluding hydrogens is 306 g/mol. The van der Waals surface area contributed by atoms with E-state index in [4.69, 9.17) is 9.47 Å². The highest BCUT2D eigenvalue weighted by molar-refractivity contribution is 6.21. The number of imide groups is 1. The zero-order valence-electron chi connectivity index (χ0n) is 13.8. The molecule has 24 heavy (non-hydrogen) atoms. The van der Waals surface area contributed by atoms with Crippen molar-refractivity contribution in [3.05, 3.63) is 48.0 Å². The lowest BCUT2D eigenvalue weighted by molar-refractivity contribution is -0.0878. The van der Waals surface area contributed by atoms with E-state index in [9.17, 15) is 9.59 Å². The normalized spacial score (nSPS) is 18.9. The molecule has 2 aliphatic rings. The third kappa shape index (κ3) is 3.42. The number of hydrogen-bond acceptors (Lipinski definition) is 4. The molecule has 1 saturated heterocycles. The lowest BCUT2D eigenvalue weighted by Gasteiger charge is -2.22. The maximum Gasteiger partial charge on any atom is 0.261 e. The fourth-order valence-corrected chi connectivity index (χ4v) is 3.35. The van der Waals surface area contributed by atoms with Crippen molar-refractivity contribution in [3.8, 4) is 0 Å². The zero-order chi connectivity index (χ0) is 16.9. The Hall–Kier alpha value is -1.98. The van der Waals surface area contributed by atoms with Gasteiger partial charge in [0.1, 0.15) is 0 Å². The summed E-state index contributed by atoms with van der Waals surface area (Å²) in [6, 6.07) is 6.99. The Kier molecular flexibility index (Phi) is 5.43. The quantitative estimate of drug-likeness (QED) is 0.543. The van der Waals surface area contributed by atoms with E-state index in [0.717, 1.165) is 25.7 Å². The molecule has 0 radical (unpaired) electrons. The van der Waals surface area contributed by atoms with Gasteiger partial charge in [0.25, 0.3) is 11.8 Å². The molecule has 5 heteroatoms. The van der Waals surface area contributed by atoms with Crippen LogP contribution in [0.3, 0.4) is 0 Å². The minimum Gasteiger partial charge on any atom is -0.350 e. The van der Waals surface area contributed by atoms with Gasteiger partial charge >= 0.3 is 0 Å². The highest BCUT2D eigenvalue weighted by atomic mass is 16.7. The van der Waals surface area contributed by atoms with Gasteiger partial charge in [-0.25, -0.2) is 0 Å². The van der Waals surface area contributed by atoms with Gasteiger partial charge in [-0.1, -0.05) is 18.2 Å². The van der Waals surface area contributed by atoms with Gasteiger partial charge in [0.15, 0.2) is 6.29 Å². The molecule has 0 aliphatic carbocycles. The number of fused-ring (bicyclic) bond motifs is 1. The predicted octanol–water partition coefficient (Wildman–Crippen LogP) is 3.02. The first-order valence-corrected chi connectivity index (χ1v) is 8.51. The average molecular weight is 329 g/mol.